The Bertz CT molecular complexity index is 426. The van der Waals surface area contributed by atoms with Crippen LogP contribution in [0.4, 0.5) is 0 Å². The number of rotatable bonds is 1. The molecule has 0 unspecified atom stereocenters. The van der Waals surface area contributed by atoms with Crippen LogP contribution in [0.15, 0.2) is 53.6 Å². The standard InChI is InChI=1S/C15H15/c1-12(2)14-9-6-10-15(11-14)13-7-4-3-5-8-13/h3-8,10H,9H2,1-2H3. The van der Waals surface area contributed by atoms with Gasteiger partial charge in [0.25, 0.3) is 0 Å². The summed E-state index contributed by atoms with van der Waals surface area (Å²) < 4.78 is 0. The van der Waals surface area contributed by atoms with Gasteiger partial charge in [-0.25, -0.2) is 0 Å². The highest BCUT2D eigenvalue weighted by Crippen LogP contribution is 2.24. The minimum Gasteiger partial charge on any atom is -0.0795 e. The van der Waals surface area contributed by atoms with Crippen molar-refractivity contribution in [2.75, 3.05) is 0 Å². The Morgan fingerprint density at radius 2 is 1.87 bits per heavy atom. The van der Waals surface area contributed by atoms with E-state index in [4.69, 9.17) is 0 Å². The first-order chi connectivity index (χ1) is 7.27. The minimum atomic E-state index is 1.01. The maximum absolute atomic E-state index is 3.48. The summed E-state index contributed by atoms with van der Waals surface area (Å²) in [5, 5.41) is 0. The lowest BCUT2D eigenvalue weighted by Gasteiger charge is -2.10. The Kier molecular flexibility index (Phi) is 2.86. The first-order valence-electron chi connectivity index (χ1n) is 5.29. The quantitative estimate of drug-likeness (QED) is 0.631. The third-order valence-corrected chi connectivity index (χ3v) is 2.58. The lowest BCUT2D eigenvalue weighted by atomic mass is 9.94. The molecule has 0 atom stereocenters. The van der Waals surface area contributed by atoms with E-state index in [1.54, 1.807) is 0 Å². The number of benzene rings is 1. The lowest BCUT2D eigenvalue weighted by molar-refractivity contribution is 1.16. The van der Waals surface area contributed by atoms with Crippen LogP contribution in [0.25, 0.3) is 5.57 Å². The van der Waals surface area contributed by atoms with E-state index in [-0.39, 0.29) is 0 Å². The molecule has 2 rings (SSSR count). The van der Waals surface area contributed by atoms with E-state index in [1.165, 1.54) is 22.3 Å². The van der Waals surface area contributed by atoms with Gasteiger partial charge < -0.3 is 0 Å². The molecule has 0 saturated carbocycles. The van der Waals surface area contributed by atoms with Gasteiger partial charge in [0, 0.05) is 0 Å². The topological polar surface area (TPSA) is 0 Å². The predicted molar refractivity (Wildman–Crippen MR) is 65.2 cm³/mol. The van der Waals surface area contributed by atoms with Crippen molar-refractivity contribution in [3.8, 4) is 0 Å². The van der Waals surface area contributed by atoms with E-state index >= 15 is 0 Å². The number of hydrogen-bond acceptors (Lipinski definition) is 0. The Balaban J connectivity index is 2.39. The molecule has 0 N–H and O–H groups in total. The largest absolute Gasteiger partial charge is 0.0795 e. The highest BCUT2D eigenvalue weighted by molar-refractivity contribution is 5.75. The maximum atomic E-state index is 3.48. The fourth-order valence-electron chi connectivity index (χ4n) is 1.67. The zero-order valence-corrected chi connectivity index (χ0v) is 9.25. The van der Waals surface area contributed by atoms with Crippen molar-refractivity contribution in [2.24, 2.45) is 0 Å². The molecule has 0 amide bonds. The Labute approximate surface area is 91.6 Å². The molecule has 0 fully saturated rings. The number of hydrogen-bond donors (Lipinski definition) is 0. The fourth-order valence-corrected chi connectivity index (χ4v) is 1.67. The Morgan fingerprint density at radius 3 is 2.53 bits per heavy atom. The molecule has 1 aliphatic carbocycles. The average Bonchev–Trinajstić information content (AvgIpc) is 2.30. The van der Waals surface area contributed by atoms with Crippen molar-refractivity contribution < 1.29 is 0 Å². The molecule has 0 aliphatic heterocycles. The molecular formula is C15H15. The van der Waals surface area contributed by atoms with Crippen LogP contribution in [-0.4, -0.2) is 0 Å². The van der Waals surface area contributed by atoms with Crippen molar-refractivity contribution in [3.05, 3.63) is 65.3 Å². The van der Waals surface area contributed by atoms with Crippen molar-refractivity contribution in [1.82, 2.24) is 0 Å². The second kappa shape index (κ2) is 4.31. The van der Waals surface area contributed by atoms with Crippen LogP contribution in [0.3, 0.4) is 0 Å². The molecule has 0 heteroatoms. The predicted octanol–water partition coefficient (Wildman–Crippen LogP) is 4.17. The van der Waals surface area contributed by atoms with E-state index in [0.717, 1.165) is 6.42 Å². The van der Waals surface area contributed by atoms with Gasteiger partial charge in [-0.15, -0.1) is 0 Å². The van der Waals surface area contributed by atoms with E-state index in [9.17, 15) is 0 Å². The van der Waals surface area contributed by atoms with Gasteiger partial charge in [0.1, 0.15) is 0 Å². The SMILES string of the molecule is CC(C)=C1[C]=C(c2ccccc2)C=CC1. The van der Waals surface area contributed by atoms with E-state index in [1.807, 2.05) is 6.07 Å². The molecule has 0 spiro atoms. The molecule has 0 saturated heterocycles. The fraction of sp³-hybridized carbons (Fsp3) is 0.200. The lowest BCUT2D eigenvalue weighted by Crippen LogP contribution is -1.91. The molecule has 75 valence electrons. The molecule has 1 aliphatic rings. The van der Waals surface area contributed by atoms with Crippen molar-refractivity contribution in [2.45, 2.75) is 20.3 Å². The van der Waals surface area contributed by atoms with Gasteiger partial charge in [0.2, 0.25) is 0 Å². The summed E-state index contributed by atoms with van der Waals surface area (Å²) in [6, 6.07) is 10.4. The normalized spacial score (nSPS) is 15.1. The van der Waals surface area contributed by atoms with Gasteiger partial charge in [0.15, 0.2) is 0 Å². The van der Waals surface area contributed by atoms with E-state index in [2.05, 4.69) is 56.3 Å². The first kappa shape index (κ1) is 9.97. The summed E-state index contributed by atoms with van der Waals surface area (Å²) in [6.07, 6.45) is 8.86. The monoisotopic (exact) mass is 195 g/mol. The zero-order chi connectivity index (χ0) is 10.7. The summed E-state index contributed by atoms with van der Waals surface area (Å²) in [5.74, 6) is 0. The van der Waals surface area contributed by atoms with E-state index < -0.39 is 0 Å². The average molecular weight is 195 g/mol. The summed E-state index contributed by atoms with van der Waals surface area (Å²) in [7, 11) is 0. The summed E-state index contributed by atoms with van der Waals surface area (Å²) in [4.78, 5) is 0. The van der Waals surface area contributed by atoms with Crippen LogP contribution in [0, 0.1) is 6.08 Å². The third kappa shape index (κ3) is 2.27. The highest BCUT2D eigenvalue weighted by atomic mass is 14.1. The van der Waals surface area contributed by atoms with Gasteiger partial charge in [-0.1, -0.05) is 48.1 Å². The summed E-state index contributed by atoms with van der Waals surface area (Å²) >= 11 is 0. The second-order valence-corrected chi connectivity index (χ2v) is 3.99. The van der Waals surface area contributed by atoms with Gasteiger partial charge in [-0.05, 0) is 43.1 Å². The molecular weight excluding hydrogens is 180 g/mol. The van der Waals surface area contributed by atoms with Gasteiger partial charge >= 0.3 is 0 Å². The molecule has 0 nitrogen and oxygen atoms in total. The number of allylic oxidation sites excluding steroid dienone is 6. The molecule has 0 aromatic heterocycles. The molecule has 15 heavy (non-hydrogen) atoms. The molecule has 1 aromatic rings. The van der Waals surface area contributed by atoms with Crippen LogP contribution in [0.1, 0.15) is 25.8 Å². The zero-order valence-electron chi connectivity index (χ0n) is 9.25. The van der Waals surface area contributed by atoms with Gasteiger partial charge in [0.05, 0.1) is 0 Å². The first-order valence-corrected chi connectivity index (χ1v) is 5.29. The second-order valence-electron chi connectivity index (χ2n) is 3.99. The molecule has 0 bridgehead atoms. The molecule has 0 heterocycles. The van der Waals surface area contributed by atoms with Gasteiger partial charge in [-0.2, -0.15) is 0 Å². The Hall–Kier alpha value is -1.56. The van der Waals surface area contributed by atoms with Crippen LogP contribution >= 0.6 is 0 Å². The van der Waals surface area contributed by atoms with Crippen molar-refractivity contribution >= 4 is 5.57 Å². The van der Waals surface area contributed by atoms with Gasteiger partial charge in [-0.3, -0.25) is 0 Å². The smallest absolute Gasteiger partial charge is 0.00618 e. The van der Waals surface area contributed by atoms with Crippen molar-refractivity contribution in [3.63, 3.8) is 0 Å². The Morgan fingerprint density at radius 1 is 1.13 bits per heavy atom. The molecule has 1 radical (unpaired) electrons. The van der Waals surface area contributed by atoms with Crippen LogP contribution in [0.5, 0.6) is 0 Å². The third-order valence-electron chi connectivity index (χ3n) is 2.58. The molecule has 1 aromatic carbocycles. The van der Waals surface area contributed by atoms with Crippen molar-refractivity contribution in [1.29, 1.82) is 0 Å². The van der Waals surface area contributed by atoms with E-state index in [0.29, 0.717) is 0 Å². The highest BCUT2D eigenvalue weighted by Gasteiger charge is 2.05. The maximum Gasteiger partial charge on any atom is -0.00618 e. The van der Waals surface area contributed by atoms with Crippen LogP contribution < -0.4 is 0 Å². The minimum absolute atomic E-state index is 1.01. The summed E-state index contributed by atoms with van der Waals surface area (Å²) in [6.45, 7) is 4.29. The summed E-state index contributed by atoms with van der Waals surface area (Å²) in [5.41, 5.74) is 5.11. The van der Waals surface area contributed by atoms with Crippen LogP contribution in [0.2, 0.25) is 0 Å². The van der Waals surface area contributed by atoms with Crippen LogP contribution in [-0.2, 0) is 0 Å².